The molecule has 0 aromatic heterocycles. The minimum atomic E-state index is -1.76. The van der Waals surface area contributed by atoms with E-state index in [1.807, 2.05) is 36.4 Å². The minimum absolute atomic E-state index is 0. The van der Waals surface area contributed by atoms with Crippen molar-refractivity contribution in [1.29, 1.82) is 0 Å². The fourth-order valence-corrected chi connectivity index (χ4v) is 8.39. The van der Waals surface area contributed by atoms with Gasteiger partial charge in [0.2, 0.25) is 0 Å². The molecule has 0 aliphatic heterocycles. The Balaban J connectivity index is 0.000000209. The molecular weight excluding hydrogens is 610 g/mol. The van der Waals surface area contributed by atoms with Crippen LogP contribution in [-0.4, -0.2) is 26.5 Å². The molecule has 0 heterocycles. The number of nitrogens with zero attached hydrogens (tertiary/aromatic N) is 1. The van der Waals surface area contributed by atoms with Crippen molar-refractivity contribution in [2.24, 2.45) is 5.92 Å². The maximum Gasteiger partial charge on any atom is 0.395 e. The molecule has 2 nitrogen and oxygen atoms in total. The first-order chi connectivity index (χ1) is 22.2. The first kappa shape index (κ1) is 33.7. The Morgan fingerprint density at radius 1 is 0.652 bits per heavy atom. The zero-order chi connectivity index (χ0) is 30.8. The molecule has 0 atom stereocenters. The quantitative estimate of drug-likeness (QED) is 0.146. The Labute approximate surface area is 291 Å². The van der Waals surface area contributed by atoms with E-state index in [0.717, 1.165) is 12.5 Å². The molecule has 230 valence electrons. The molecule has 0 amide bonds. The predicted molar refractivity (Wildman–Crippen MR) is 192 cm³/mol. The SMILES string of the molecule is C(C=Cc1ccccc1)=Cc1ccccc1.CN(C1CCCCC1)[Si](=O)CC1C=C2C(=C1)c1ccccc1Cc1ccccc12.[Ti]. The van der Waals surface area contributed by atoms with Crippen LogP contribution in [0.4, 0.5) is 0 Å². The van der Waals surface area contributed by atoms with Crippen LogP contribution in [0.25, 0.3) is 23.3 Å². The average Bonchev–Trinajstić information content (AvgIpc) is 3.46. The summed E-state index contributed by atoms with van der Waals surface area (Å²) < 4.78 is 15.4. The minimum Gasteiger partial charge on any atom is -0.377 e. The molecule has 0 radical (unpaired) electrons. The topological polar surface area (TPSA) is 20.3 Å². The van der Waals surface area contributed by atoms with Crippen LogP contribution in [0.1, 0.15) is 65.5 Å². The third-order valence-electron chi connectivity index (χ3n) is 9.26. The van der Waals surface area contributed by atoms with Crippen molar-refractivity contribution in [1.82, 2.24) is 4.57 Å². The molecule has 0 unspecified atom stereocenters. The van der Waals surface area contributed by atoms with Gasteiger partial charge in [0, 0.05) is 46.8 Å². The molecule has 0 saturated heterocycles. The molecule has 0 N–H and O–H groups in total. The predicted octanol–water partition coefficient (Wildman–Crippen LogP) is 10.3. The van der Waals surface area contributed by atoms with Gasteiger partial charge in [0.05, 0.1) is 0 Å². The summed E-state index contributed by atoms with van der Waals surface area (Å²) in [6, 6.07) is 39.4. The fraction of sp³-hybridized carbons (Fsp3) is 0.238. The van der Waals surface area contributed by atoms with Crippen LogP contribution >= 0.6 is 0 Å². The van der Waals surface area contributed by atoms with Crippen LogP contribution < -0.4 is 0 Å². The van der Waals surface area contributed by atoms with Crippen molar-refractivity contribution in [2.75, 3.05) is 7.05 Å². The van der Waals surface area contributed by atoms with E-state index in [-0.39, 0.29) is 27.6 Å². The van der Waals surface area contributed by atoms with E-state index in [9.17, 15) is 4.46 Å². The second-order valence-corrected chi connectivity index (χ2v) is 14.3. The van der Waals surface area contributed by atoms with E-state index in [4.69, 9.17) is 0 Å². The molecule has 1 saturated carbocycles. The van der Waals surface area contributed by atoms with Crippen LogP contribution in [0.3, 0.4) is 0 Å². The molecule has 4 aromatic rings. The zero-order valence-corrected chi connectivity index (χ0v) is 29.4. The summed E-state index contributed by atoms with van der Waals surface area (Å²) >= 11 is 0. The van der Waals surface area contributed by atoms with Gasteiger partial charge < -0.3 is 9.03 Å². The number of fused-ring (bicyclic) bond motifs is 5. The van der Waals surface area contributed by atoms with Crippen LogP contribution in [0.2, 0.25) is 6.04 Å². The van der Waals surface area contributed by atoms with Crippen molar-refractivity contribution >= 4 is 32.1 Å². The molecular formula is C42H43NOSiTi. The molecule has 3 aliphatic rings. The van der Waals surface area contributed by atoms with Gasteiger partial charge in [-0.3, -0.25) is 0 Å². The number of allylic oxidation sites excluding steroid dienone is 6. The van der Waals surface area contributed by atoms with Crippen molar-refractivity contribution < 1.29 is 26.2 Å². The van der Waals surface area contributed by atoms with Gasteiger partial charge in [-0.15, -0.1) is 0 Å². The number of hydrogen-bond acceptors (Lipinski definition) is 1. The summed E-state index contributed by atoms with van der Waals surface area (Å²) in [4.78, 5) is 0. The van der Waals surface area contributed by atoms with Crippen LogP contribution in [0.5, 0.6) is 0 Å². The summed E-state index contributed by atoms with van der Waals surface area (Å²) in [7, 11) is 0.333. The molecule has 7 rings (SSSR count). The number of rotatable bonds is 7. The maximum atomic E-state index is 13.2. The average molecular weight is 654 g/mol. The van der Waals surface area contributed by atoms with Crippen LogP contribution in [0, 0.1) is 5.92 Å². The van der Waals surface area contributed by atoms with Crippen molar-refractivity contribution in [2.45, 2.75) is 50.6 Å². The van der Waals surface area contributed by atoms with E-state index < -0.39 is 8.84 Å². The number of hydrogen-bond donors (Lipinski definition) is 0. The van der Waals surface area contributed by atoms with E-state index in [1.54, 1.807) is 0 Å². The standard InChI is InChI=1S/C26H29NOSi.C16H14.Ti/c1-27(22-11-3-2-4-12-22)29(28)18-19-15-25-23-13-7-5-9-20(23)17-21-10-6-8-14-24(21)26(25)16-19;1-3-9-15(10-4-1)13-7-8-14-16-11-5-2-6-12-16;/h5-10,13-16,19,22H,2-4,11-12,17-18H2,1H3;1-14H;. The Morgan fingerprint density at radius 3 is 1.61 bits per heavy atom. The molecule has 3 aliphatic carbocycles. The van der Waals surface area contributed by atoms with Gasteiger partial charge in [0.25, 0.3) is 0 Å². The smallest absolute Gasteiger partial charge is 0.377 e. The monoisotopic (exact) mass is 653 g/mol. The molecule has 0 bridgehead atoms. The molecule has 1 fully saturated rings. The van der Waals surface area contributed by atoms with Gasteiger partial charge >= 0.3 is 8.84 Å². The Bertz CT molecular complexity index is 1610. The van der Waals surface area contributed by atoms with Crippen LogP contribution in [-0.2, 0) is 32.6 Å². The van der Waals surface area contributed by atoms with Crippen molar-refractivity contribution in [3.05, 3.63) is 167 Å². The van der Waals surface area contributed by atoms with E-state index in [1.165, 1.54) is 76.6 Å². The summed E-state index contributed by atoms with van der Waals surface area (Å²) in [5, 5.41) is 0. The fourth-order valence-electron chi connectivity index (χ4n) is 6.80. The summed E-state index contributed by atoms with van der Waals surface area (Å²) in [5.41, 5.74) is 10.6. The van der Waals surface area contributed by atoms with Gasteiger partial charge in [0.15, 0.2) is 0 Å². The Morgan fingerprint density at radius 2 is 1.11 bits per heavy atom. The van der Waals surface area contributed by atoms with Gasteiger partial charge in [-0.1, -0.05) is 165 Å². The van der Waals surface area contributed by atoms with E-state index >= 15 is 0 Å². The van der Waals surface area contributed by atoms with Gasteiger partial charge in [-0.05, 0) is 63.8 Å². The second-order valence-electron chi connectivity index (χ2n) is 12.4. The van der Waals surface area contributed by atoms with Crippen molar-refractivity contribution in [3.8, 4) is 0 Å². The molecule has 4 heteroatoms. The normalized spacial score (nSPS) is 15.8. The Hall–Kier alpha value is -3.63. The maximum absolute atomic E-state index is 13.2. The zero-order valence-electron chi connectivity index (χ0n) is 26.8. The first-order valence-corrected chi connectivity index (χ1v) is 18.0. The Kier molecular flexibility index (Phi) is 12.3. The number of benzene rings is 4. The molecule has 46 heavy (non-hydrogen) atoms. The van der Waals surface area contributed by atoms with Gasteiger partial charge in [-0.2, -0.15) is 0 Å². The summed E-state index contributed by atoms with van der Waals surface area (Å²) in [5.74, 6) is 0.261. The van der Waals surface area contributed by atoms with Crippen molar-refractivity contribution in [3.63, 3.8) is 0 Å². The summed E-state index contributed by atoms with van der Waals surface area (Å²) in [6.07, 6.45) is 20.4. The van der Waals surface area contributed by atoms with Gasteiger partial charge in [-0.25, -0.2) is 0 Å². The van der Waals surface area contributed by atoms with E-state index in [2.05, 4.69) is 121 Å². The third kappa shape index (κ3) is 8.59. The molecule has 4 aromatic carbocycles. The second kappa shape index (κ2) is 16.8. The molecule has 0 spiro atoms. The van der Waals surface area contributed by atoms with E-state index in [0.29, 0.717) is 6.04 Å². The largest absolute Gasteiger partial charge is 0.395 e. The summed E-state index contributed by atoms with van der Waals surface area (Å²) in [6.45, 7) is 0. The first-order valence-electron chi connectivity index (χ1n) is 16.5. The third-order valence-corrected chi connectivity index (χ3v) is 11.2. The van der Waals surface area contributed by atoms with Gasteiger partial charge in [0.1, 0.15) is 0 Å². The van der Waals surface area contributed by atoms with Crippen LogP contribution in [0.15, 0.2) is 133 Å².